The predicted molar refractivity (Wildman–Crippen MR) is 108 cm³/mol. The van der Waals surface area contributed by atoms with E-state index in [1.165, 1.54) is 5.56 Å². The molecule has 0 bridgehead atoms. The van der Waals surface area contributed by atoms with Crippen molar-refractivity contribution in [2.45, 2.75) is 19.2 Å². The quantitative estimate of drug-likeness (QED) is 0.830. The lowest BCUT2D eigenvalue weighted by Gasteiger charge is -2.40. The average Bonchev–Trinajstić information content (AvgIpc) is 2.74. The lowest BCUT2D eigenvalue weighted by atomic mass is 10.1. The summed E-state index contributed by atoms with van der Waals surface area (Å²) in [7, 11) is 3.25. The van der Waals surface area contributed by atoms with Crippen LogP contribution >= 0.6 is 0 Å². The maximum absolute atomic E-state index is 13.1. The highest BCUT2D eigenvalue weighted by Crippen LogP contribution is 2.17. The number of hydrogen-bond donors (Lipinski definition) is 1. The highest BCUT2D eigenvalue weighted by molar-refractivity contribution is 5.97. The van der Waals surface area contributed by atoms with E-state index in [0.29, 0.717) is 25.3 Å². The van der Waals surface area contributed by atoms with E-state index in [2.05, 4.69) is 22.3 Å². The zero-order valence-electron chi connectivity index (χ0n) is 16.4. The normalized spacial score (nSPS) is 17.4. The Labute approximate surface area is 166 Å². The molecule has 1 fully saturated rings. The van der Waals surface area contributed by atoms with Crippen molar-refractivity contribution in [3.63, 3.8) is 0 Å². The summed E-state index contributed by atoms with van der Waals surface area (Å²) in [6.07, 6.45) is 0. The number of piperazine rings is 1. The predicted octanol–water partition coefficient (Wildman–Crippen LogP) is 1.91. The molecule has 1 heterocycles. The van der Waals surface area contributed by atoms with Gasteiger partial charge in [-0.05, 0) is 23.3 Å². The molecule has 0 spiro atoms. The Bertz CT molecular complexity index is 792. The maximum atomic E-state index is 13.1. The molecule has 3 rings (SSSR count). The number of nitrogens with one attached hydrogen (secondary N) is 1. The van der Waals surface area contributed by atoms with Gasteiger partial charge in [0, 0.05) is 45.9 Å². The van der Waals surface area contributed by atoms with E-state index in [4.69, 9.17) is 4.74 Å². The molecule has 1 unspecified atom stereocenters. The third kappa shape index (κ3) is 4.77. The summed E-state index contributed by atoms with van der Waals surface area (Å²) < 4.78 is 5.11. The molecular formula is C22H27N3O3. The van der Waals surface area contributed by atoms with Crippen LogP contribution in [0.3, 0.4) is 0 Å². The van der Waals surface area contributed by atoms with Crippen LogP contribution in [-0.4, -0.2) is 61.4 Å². The summed E-state index contributed by atoms with van der Waals surface area (Å²) in [5.74, 6) is -0.251. The molecular weight excluding hydrogens is 354 g/mol. The van der Waals surface area contributed by atoms with Gasteiger partial charge in [-0.15, -0.1) is 0 Å². The van der Waals surface area contributed by atoms with Gasteiger partial charge < -0.3 is 15.0 Å². The molecule has 0 radical (unpaired) electrons. The van der Waals surface area contributed by atoms with Crippen molar-refractivity contribution in [2.75, 3.05) is 33.8 Å². The fourth-order valence-electron chi connectivity index (χ4n) is 3.53. The first-order valence-electron chi connectivity index (χ1n) is 9.49. The van der Waals surface area contributed by atoms with Crippen molar-refractivity contribution in [3.8, 4) is 0 Å². The van der Waals surface area contributed by atoms with Gasteiger partial charge in [-0.25, -0.2) is 0 Å². The van der Waals surface area contributed by atoms with Gasteiger partial charge in [0.15, 0.2) is 0 Å². The fraction of sp³-hybridized carbons (Fsp3) is 0.364. The lowest BCUT2D eigenvalue weighted by molar-refractivity contribution is -0.127. The first kappa shape index (κ1) is 20.0. The van der Waals surface area contributed by atoms with Crippen LogP contribution in [0.2, 0.25) is 0 Å². The smallest absolute Gasteiger partial charge is 0.254 e. The van der Waals surface area contributed by atoms with E-state index in [1.807, 2.05) is 30.3 Å². The zero-order valence-corrected chi connectivity index (χ0v) is 16.4. The molecule has 1 aliphatic heterocycles. The monoisotopic (exact) mass is 381 g/mol. The Morgan fingerprint density at radius 3 is 2.39 bits per heavy atom. The number of rotatable bonds is 6. The molecule has 6 heteroatoms. The third-order valence-corrected chi connectivity index (χ3v) is 5.04. The highest BCUT2D eigenvalue weighted by atomic mass is 16.5. The molecule has 1 aliphatic rings. The van der Waals surface area contributed by atoms with Crippen molar-refractivity contribution in [1.82, 2.24) is 15.1 Å². The number of nitrogens with zero attached hydrogens (tertiary/aromatic N) is 2. The minimum Gasteiger partial charge on any atom is -0.380 e. The summed E-state index contributed by atoms with van der Waals surface area (Å²) in [6.45, 7) is 3.04. The van der Waals surface area contributed by atoms with Crippen LogP contribution < -0.4 is 5.32 Å². The number of carbonyl (C=O) groups excluding carboxylic acids is 2. The molecule has 2 amide bonds. The molecule has 148 valence electrons. The molecule has 0 saturated carbocycles. The van der Waals surface area contributed by atoms with Gasteiger partial charge in [-0.1, -0.05) is 42.5 Å². The number of methoxy groups -OCH3 is 1. The second-order valence-corrected chi connectivity index (χ2v) is 6.98. The molecule has 2 aromatic rings. The Morgan fingerprint density at radius 2 is 1.75 bits per heavy atom. The van der Waals surface area contributed by atoms with Crippen LogP contribution in [0.25, 0.3) is 0 Å². The Morgan fingerprint density at radius 1 is 1.04 bits per heavy atom. The first-order valence-corrected chi connectivity index (χ1v) is 9.49. The van der Waals surface area contributed by atoms with E-state index >= 15 is 0 Å². The lowest BCUT2D eigenvalue weighted by Crippen LogP contribution is -2.60. The Balaban J connectivity index is 1.72. The molecule has 28 heavy (non-hydrogen) atoms. The van der Waals surface area contributed by atoms with Crippen LogP contribution in [0.1, 0.15) is 21.5 Å². The van der Waals surface area contributed by atoms with Gasteiger partial charge in [0.1, 0.15) is 6.04 Å². The fourth-order valence-corrected chi connectivity index (χ4v) is 3.53. The van der Waals surface area contributed by atoms with Crippen LogP contribution in [0, 0.1) is 0 Å². The van der Waals surface area contributed by atoms with Crippen LogP contribution in [0.5, 0.6) is 0 Å². The van der Waals surface area contributed by atoms with Crippen molar-refractivity contribution >= 4 is 11.8 Å². The topological polar surface area (TPSA) is 61.9 Å². The van der Waals surface area contributed by atoms with Gasteiger partial charge in [0.05, 0.1) is 6.61 Å². The van der Waals surface area contributed by atoms with Crippen molar-refractivity contribution in [3.05, 3.63) is 71.3 Å². The van der Waals surface area contributed by atoms with Gasteiger partial charge in [-0.2, -0.15) is 0 Å². The molecule has 2 aromatic carbocycles. The summed E-state index contributed by atoms with van der Waals surface area (Å²) in [4.78, 5) is 29.5. The summed E-state index contributed by atoms with van der Waals surface area (Å²) in [6, 6.07) is 17.0. The molecule has 0 aromatic heterocycles. The molecule has 1 N–H and O–H groups in total. The Hall–Kier alpha value is -2.70. The van der Waals surface area contributed by atoms with Gasteiger partial charge >= 0.3 is 0 Å². The van der Waals surface area contributed by atoms with E-state index in [9.17, 15) is 9.59 Å². The minimum atomic E-state index is -0.506. The highest BCUT2D eigenvalue weighted by Gasteiger charge is 2.35. The van der Waals surface area contributed by atoms with E-state index in [-0.39, 0.29) is 11.8 Å². The standard InChI is InChI=1S/C22H27N3O3/c1-23-21(26)20-15-24(14-17-6-4-3-5-7-17)12-13-25(20)22(27)19-10-8-18(9-11-19)16-28-2/h3-11,20H,12-16H2,1-2H3,(H,23,26). The van der Waals surface area contributed by atoms with E-state index in [0.717, 1.165) is 18.7 Å². The number of amides is 2. The maximum Gasteiger partial charge on any atom is 0.254 e. The average molecular weight is 381 g/mol. The molecule has 0 aliphatic carbocycles. The summed E-state index contributed by atoms with van der Waals surface area (Å²) >= 11 is 0. The number of carbonyl (C=O) groups is 2. The zero-order chi connectivity index (χ0) is 19.9. The second kappa shape index (κ2) is 9.48. The first-order chi connectivity index (χ1) is 13.6. The van der Waals surface area contributed by atoms with Crippen LogP contribution in [-0.2, 0) is 22.7 Å². The molecule has 1 saturated heterocycles. The second-order valence-electron chi connectivity index (χ2n) is 6.98. The summed E-state index contributed by atoms with van der Waals surface area (Å²) in [5, 5.41) is 2.71. The van der Waals surface area contributed by atoms with Gasteiger partial charge in [0.2, 0.25) is 5.91 Å². The largest absolute Gasteiger partial charge is 0.380 e. The SMILES string of the molecule is CNC(=O)C1CN(Cc2ccccc2)CCN1C(=O)c1ccc(COC)cc1. The van der Waals surface area contributed by atoms with E-state index < -0.39 is 6.04 Å². The van der Waals surface area contributed by atoms with Crippen molar-refractivity contribution in [1.29, 1.82) is 0 Å². The van der Waals surface area contributed by atoms with Crippen LogP contribution in [0.15, 0.2) is 54.6 Å². The van der Waals surface area contributed by atoms with Crippen molar-refractivity contribution in [2.24, 2.45) is 0 Å². The van der Waals surface area contributed by atoms with Crippen molar-refractivity contribution < 1.29 is 14.3 Å². The third-order valence-electron chi connectivity index (χ3n) is 5.04. The van der Waals surface area contributed by atoms with E-state index in [1.54, 1.807) is 31.2 Å². The number of likely N-dealkylation sites (N-methyl/N-ethyl adjacent to an activating group) is 1. The van der Waals surface area contributed by atoms with Gasteiger partial charge in [0.25, 0.3) is 5.91 Å². The van der Waals surface area contributed by atoms with Gasteiger partial charge in [-0.3, -0.25) is 14.5 Å². The summed E-state index contributed by atoms with van der Waals surface area (Å²) in [5.41, 5.74) is 2.80. The number of hydrogen-bond acceptors (Lipinski definition) is 4. The van der Waals surface area contributed by atoms with Crippen LogP contribution in [0.4, 0.5) is 0 Å². The molecule has 1 atom stereocenters. The minimum absolute atomic E-state index is 0.114. The molecule has 6 nitrogen and oxygen atoms in total. The Kier molecular flexibility index (Phi) is 6.79. The number of benzene rings is 2. The number of ether oxygens (including phenoxy) is 1.